The molecule has 1 aliphatic heterocycles. The van der Waals surface area contributed by atoms with Crippen LogP contribution in [0, 0.1) is 0 Å². The SMILES string of the molecule is CCCCCC=CCC=CCCCCCCCCOC(COC(=O)CCCCCCCCCCC=CCCCCCCCC)COC1OC(CO)C(O)C(O)C1O. The van der Waals surface area contributed by atoms with E-state index in [0.717, 1.165) is 51.4 Å². The molecule has 0 aliphatic carbocycles. The second-order valence-electron chi connectivity index (χ2n) is 16.2. The number of carbonyl (C=O) groups excluding carboxylic acids is 1. The standard InChI is InChI=1S/C48H88O9/c1-3-5-7-9-11-13-15-17-19-21-22-23-25-27-29-31-33-35-37-44(50)55-40-42(41-56-48-47(53)46(52)45(51)43(39-49)57-48)54-38-36-34-32-30-28-26-24-20-18-16-14-12-10-8-6-4-2/h12,14,17-20,42-43,45-49,51-53H,3-11,13,15-16,21-41H2,1-2H3. The topological polar surface area (TPSA) is 135 Å². The van der Waals surface area contributed by atoms with Gasteiger partial charge >= 0.3 is 5.97 Å². The molecule has 0 amide bonds. The first-order valence-corrected chi connectivity index (χ1v) is 23.6. The zero-order valence-corrected chi connectivity index (χ0v) is 36.6. The van der Waals surface area contributed by atoms with Crippen molar-refractivity contribution in [1.82, 2.24) is 0 Å². The number of allylic oxidation sites excluding steroid dienone is 6. The molecule has 0 aromatic carbocycles. The molecule has 9 nitrogen and oxygen atoms in total. The zero-order valence-electron chi connectivity index (χ0n) is 36.6. The van der Waals surface area contributed by atoms with Crippen molar-refractivity contribution in [1.29, 1.82) is 0 Å². The van der Waals surface area contributed by atoms with E-state index in [4.69, 9.17) is 18.9 Å². The van der Waals surface area contributed by atoms with Crippen LogP contribution in [0.2, 0.25) is 0 Å². The predicted octanol–water partition coefficient (Wildman–Crippen LogP) is 10.8. The van der Waals surface area contributed by atoms with Gasteiger partial charge in [-0.3, -0.25) is 4.79 Å². The van der Waals surface area contributed by atoms with Crippen LogP contribution in [0.1, 0.15) is 200 Å². The van der Waals surface area contributed by atoms with Crippen LogP contribution in [-0.4, -0.2) is 89.6 Å². The summed E-state index contributed by atoms with van der Waals surface area (Å²) in [7, 11) is 0. The summed E-state index contributed by atoms with van der Waals surface area (Å²) in [5.74, 6) is -0.269. The van der Waals surface area contributed by atoms with Gasteiger partial charge in [0.15, 0.2) is 6.29 Å². The second-order valence-corrected chi connectivity index (χ2v) is 16.2. The fourth-order valence-corrected chi connectivity index (χ4v) is 7.02. The first-order chi connectivity index (χ1) is 27.9. The highest BCUT2D eigenvalue weighted by molar-refractivity contribution is 5.69. The summed E-state index contributed by atoms with van der Waals surface area (Å²) in [5, 5.41) is 40.1. The highest BCUT2D eigenvalue weighted by Gasteiger charge is 2.44. The van der Waals surface area contributed by atoms with Crippen LogP contribution < -0.4 is 0 Å². The number of unbranched alkanes of at least 4 members (excludes halogenated alkanes) is 23. The van der Waals surface area contributed by atoms with E-state index in [1.807, 2.05) is 0 Å². The largest absolute Gasteiger partial charge is 0.463 e. The minimum absolute atomic E-state index is 0.00660. The van der Waals surface area contributed by atoms with Gasteiger partial charge in [-0.25, -0.2) is 0 Å². The quantitative estimate of drug-likeness (QED) is 0.0271. The van der Waals surface area contributed by atoms with E-state index < -0.39 is 43.4 Å². The molecule has 0 bridgehead atoms. The normalized spacial score (nSPS) is 20.7. The van der Waals surface area contributed by atoms with Crippen molar-refractivity contribution >= 4 is 5.97 Å². The first-order valence-electron chi connectivity index (χ1n) is 23.6. The molecule has 0 spiro atoms. The molecule has 4 N–H and O–H groups in total. The van der Waals surface area contributed by atoms with Gasteiger partial charge < -0.3 is 39.4 Å². The molecular formula is C48H88O9. The van der Waals surface area contributed by atoms with Crippen molar-refractivity contribution in [3.63, 3.8) is 0 Å². The Kier molecular flexibility index (Phi) is 37.4. The molecule has 0 saturated carbocycles. The van der Waals surface area contributed by atoms with Crippen molar-refractivity contribution < 1.29 is 44.2 Å². The fourth-order valence-electron chi connectivity index (χ4n) is 7.02. The van der Waals surface area contributed by atoms with E-state index in [9.17, 15) is 25.2 Å². The Bertz CT molecular complexity index is 968. The maximum atomic E-state index is 12.6. The van der Waals surface area contributed by atoms with Gasteiger partial charge in [0.25, 0.3) is 0 Å². The molecule has 1 aliphatic rings. The molecule has 0 aromatic heterocycles. The Hall–Kier alpha value is -1.59. The fraction of sp³-hybridized carbons (Fsp3) is 0.854. The van der Waals surface area contributed by atoms with Gasteiger partial charge in [-0.05, 0) is 70.6 Å². The van der Waals surface area contributed by atoms with E-state index in [0.29, 0.717) is 13.0 Å². The lowest BCUT2D eigenvalue weighted by molar-refractivity contribution is -0.305. The number of ether oxygens (including phenoxy) is 4. The van der Waals surface area contributed by atoms with Gasteiger partial charge in [-0.15, -0.1) is 0 Å². The maximum Gasteiger partial charge on any atom is 0.305 e. The van der Waals surface area contributed by atoms with E-state index >= 15 is 0 Å². The van der Waals surface area contributed by atoms with Crippen molar-refractivity contribution in [2.45, 2.75) is 237 Å². The summed E-state index contributed by atoms with van der Waals surface area (Å²) in [5.41, 5.74) is 0. The molecule has 1 fully saturated rings. The van der Waals surface area contributed by atoms with E-state index in [2.05, 4.69) is 50.3 Å². The number of rotatable bonds is 40. The molecule has 6 unspecified atom stereocenters. The Balaban J connectivity index is 2.25. The van der Waals surface area contributed by atoms with Crippen LogP contribution >= 0.6 is 0 Å². The molecule has 1 heterocycles. The summed E-state index contributed by atoms with van der Waals surface area (Å²) in [4.78, 5) is 12.6. The van der Waals surface area contributed by atoms with Crippen LogP contribution in [0.5, 0.6) is 0 Å². The zero-order chi connectivity index (χ0) is 41.4. The number of carbonyl (C=O) groups is 1. The van der Waals surface area contributed by atoms with Crippen LogP contribution in [0.4, 0.5) is 0 Å². The smallest absolute Gasteiger partial charge is 0.305 e. The van der Waals surface area contributed by atoms with Crippen LogP contribution in [-0.2, 0) is 23.7 Å². The number of esters is 1. The minimum Gasteiger partial charge on any atom is -0.463 e. The number of hydrogen-bond acceptors (Lipinski definition) is 9. The molecule has 0 aromatic rings. The molecule has 9 heteroatoms. The van der Waals surface area contributed by atoms with Gasteiger partial charge in [0.2, 0.25) is 0 Å². The number of hydrogen-bond donors (Lipinski definition) is 4. The highest BCUT2D eigenvalue weighted by atomic mass is 16.7. The molecule has 57 heavy (non-hydrogen) atoms. The van der Waals surface area contributed by atoms with Crippen molar-refractivity contribution in [3.05, 3.63) is 36.5 Å². The van der Waals surface area contributed by atoms with Crippen LogP contribution in [0.15, 0.2) is 36.5 Å². The summed E-state index contributed by atoms with van der Waals surface area (Å²) < 4.78 is 22.9. The monoisotopic (exact) mass is 809 g/mol. The lowest BCUT2D eigenvalue weighted by atomic mass is 9.99. The first kappa shape index (κ1) is 53.4. The van der Waals surface area contributed by atoms with Gasteiger partial charge in [0, 0.05) is 13.0 Å². The summed E-state index contributed by atoms with van der Waals surface area (Å²) >= 11 is 0. The van der Waals surface area contributed by atoms with Crippen molar-refractivity contribution in [3.8, 4) is 0 Å². The minimum atomic E-state index is -1.52. The van der Waals surface area contributed by atoms with E-state index in [-0.39, 0.29) is 19.2 Å². The maximum absolute atomic E-state index is 12.6. The third kappa shape index (κ3) is 31.0. The average Bonchev–Trinajstić information content (AvgIpc) is 3.21. The molecule has 334 valence electrons. The lowest BCUT2D eigenvalue weighted by Crippen LogP contribution is -2.59. The molecule has 1 rings (SSSR count). The number of aliphatic hydroxyl groups excluding tert-OH is 4. The summed E-state index contributed by atoms with van der Waals surface area (Å²) in [6.45, 7) is 4.40. The van der Waals surface area contributed by atoms with Crippen molar-refractivity contribution in [2.75, 3.05) is 26.4 Å². The van der Waals surface area contributed by atoms with Crippen LogP contribution in [0.3, 0.4) is 0 Å². The second kappa shape index (κ2) is 39.8. The third-order valence-corrected chi connectivity index (χ3v) is 10.8. The lowest BCUT2D eigenvalue weighted by Gasteiger charge is -2.39. The average molecular weight is 809 g/mol. The van der Waals surface area contributed by atoms with Crippen LogP contribution in [0.25, 0.3) is 0 Å². The van der Waals surface area contributed by atoms with E-state index in [1.165, 1.54) is 128 Å². The molecule has 6 atom stereocenters. The van der Waals surface area contributed by atoms with Crippen molar-refractivity contribution in [2.24, 2.45) is 0 Å². The Morgan fingerprint density at radius 2 is 1.02 bits per heavy atom. The third-order valence-electron chi connectivity index (χ3n) is 10.8. The van der Waals surface area contributed by atoms with Gasteiger partial charge in [-0.1, -0.05) is 159 Å². The number of aliphatic hydroxyl groups is 4. The van der Waals surface area contributed by atoms with Gasteiger partial charge in [0.05, 0.1) is 13.2 Å². The summed E-state index contributed by atoms with van der Waals surface area (Å²) in [6.07, 6.45) is 40.4. The predicted molar refractivity (Wildman–Crippen MR) is 233 cm³/mol. The van der Waals surface area contributed by atoms with E-state index in [1.54, 1.807) is 0 Å². The molecule has 1 saturated heterocycles. The Labute approximate surface area is 349 Å². The summed E-state index contributed by atoms with van der Waals surface area (Å²) in [6, 6.07) is 0. The highest BCUT2D eigenvalue weighted by Crippen LogP contribution is 2.22. The molecule has 0 radical (unpaired) electrons. The Morgan fingerprint density at radius 3 is 1.56 bits per heavy atom. The van der Waals surface area contributed by atoms with Gasteiger partial charge in [0.1, 0.15) is 37.1 Å². The van der Waals surface area contributed by atoms with Gasteiger partial charge in [-0.2, -0.15) is 0 Å². The Morgan fingerprint density at radius 1 is 0.561 bits per heavy atom. The molecular weight excluding hydrogens is 721 g/mol.